The number of hydrogen-bond acceptors (Lipinski definition) is 31. The Labute approximate surface area is 734 Å². The molecular weight excluding hydrogens is 1670 g/mol. The predicted octanol–water partition coefficient (Wildman–Crippen LogP) is 17.2. The highest BCUT2D eigenvalue weighted by Crippen LogP contribution is 2.55. The molecule has 0 saturated heterocycles. The van der Waals surface area contributed by atoms with Gasteiger partial charge in [-0.05, 0) is 254 Å². The third kappa shape index (κ3) is 38.7. The summed E-state index contributed by atoms with van der Waals surface area (Å²) >= 11 is 0. The molecule has 35 nitrogen and oxygen atoms in total. The van der Waals surface area contributed by atoms with E-state index in [4.69, 9.17) is 67.3 Å². The number of ether oxygens (including phenoxy) is 15. The molecule has 124 heavy (non-hydrogen) atoms. The minimum absolute atomic E-state index is 0. The molecule has 7 amide bonds. The summed E-state index contributed by atoms with van der Waals surface area (Å²) in [6, 6.07) is 0. The Balaban J connectivity index is -0.000000705. The second-order valence-electron chi connectivity index (χ2n) is 37.3. The van der Waals surface area contributed by atoms with Crippen LogP contribution in [0.3, 0.4) is 0 Å². The third-order valence-electron chi connectivity index (χ3n) is 15.9. The molecule has 0 aromatic heterocycles. The number of alkyl halides is 4. The highest BCUT2D eigenvalue weighted by molar-refractivity contribution is 6.03. The van der Waals surface area contributed by atoms with Crippen LogP contribution in [0.1, 0.15) is 269 Å². The first-order valence-electron chi connectivity index (χ1n) is 39.3. The molecule has 0 aliphatic heterocycles. The van der Waals surface area contributed by atoms with Gasteiger partial charge in [0.15, 0.2) is 16.6 Å². The Morgan fingerprint density at radius 2 is 0.613 bits per heavy atom. The highest BCUT2D eigenvalue weighted by atomic mass is 35.5. The molecule has 40 heteroatoms. The Kier molecular flexibility index (Phi) is 45.6. The maximum Gasteiger partial charge on any atom is 0.519 e. The van der Waals surface area contributed by atoms with Crippen molar-refractivity contribution in [2.24, 2.45) is 35.3 Å². The molecule has 5 aliphatic rings. The summed E-state index contributed by atoms with van der Waals surface area (Å²) in [5.41, 5.74) is -9.85. The maximum atomic E-state index is 13.3. The number of carbonyl (C=O) groups excluding carboxylic acids is 15. The number of rotatable bonds is 19. The first-order chi connectivity index (χ1) is 54.5. The van der Waals surface area contributed by atoms with Crippen LogP contribution >= 0.6 is 12.4 Å². The minimum atomic E-state index is -2.92. The summed E-state index contributed by atoms with van der Waals surface area (Å²) < 4.78 is 126. The fourth-order valence-electron chi connectivity index (χ4n) is 10.6. The van der Waals surface area contributed by atoms with E-state index in [-0.39, 0.29) is 85.5 Å². The molecule has 0 heterocycles. The van der Waals surface area contributed by atoms with E-state index in [0.29, 0.717) is 22.5 Å². The lowest BCUT2D eigenvalue weighted by Crippen LogP contribution is -2.55. The van der Waals surface area contributed by atoms with Crippen LogP contribution < -0.4 is 11.1 Å². The number of alkyl carbamates (subject to hydrolysis) is 1. The van der Waals surface area contributed by atoms with E-state index in [9.17, 15) is 89.5 Å². The molecule has 0 radical (unpaired) electrons. The van der Waals surface area contributed by atoms with Gasteiger partial charge in [0.25, 0.3) is 0 Å². The third-order valence-corrected chi connectivity index (χ3v) is 15.9. The topological polar surface area (TPSA) is 442 Å². The Bertz CT molecular complexity index is 3460. The van der Waals surface area contributed by atoms with Crippen LogP contribution in [0, 0.1) is 29.6 Å². The molecule has 0 spiro atoms. The molecule has 0 aromatic rings. The first kappa shape index (κ1) is 121. The molecule has 718 valence electrons. The van der Waals surface area contributed by atoms with Crippen molar-refractivity contribution in [3.63, 3.8) is 0 Å². The van der Waals surface area contributed by atoms with Crippen LogP contribution in [0.25, 0.3) is 0 Å². The molecule has 0 aromatic carbocycles. The summed E-state index contributed by atoms with van der Waals surface area (Å²) in [4.78, 5) is 183. The second-order valence-corrected chi connectivity index (χ2v) is 37.3. The average molecular weight is 1810 g/mol. The number of halogens is 5. The van der Waals surface area contributed by atoms with E-state index in [0.717, 1.165) is 4.90 Å². The van der Waals surface area contributed by atoms with Gasteiger partial charge in [0.1, 0.15) is 67.8 Å². The zero-order valence-electron chi connectivity index (χ0n) is 76.8. The lowest BCUT2D eigenvalue weighted by atomic mass is 10.1. The number of nitrogens with one attached hydrogen (secondary N) is 1. The van der Waals surface area contributed by atoms with Gasteiger partial charge < -0.3 is 86.9 Å². The smallest absolute Gasteiger partial charge is 0.465 e. The molecule has 5 fully saturated rings. The van der Waals surface area contributed by atoms with Gasteiger partial charge >= 0.3 is 84.8 Å². The molecule has 5 rings (SSSR count). The molecule has 0 unspecified atom stereocenters. The van der Waals surface area contributed by atoms with Crippen LogP contribution in [0.2, 0.25) is 0 Å². The van der Waals surface area contributed by atoms with Crippen molar-refractivity contribution in [1.82, 2.24) is 20.0 Å². The van der Waals surface area contributed by atoms with E-state index in [1.807, 2.05) is 0 Å². The zero-order valence-corrected chi connectivity index (χ0v) is 77.7. The number of imide groups is 3. The van der Waals surface area contributed by atoms with Crippen molar-refractivity contribution in [3.8, 4) is 0 Å². The number of hydrogen-bond donors (Lipinski definition) is 2. The van der Waals surface area contributed by atoms with Gasteiger partial charge in [-0.25, -0.2) is 79.9 Å². The largest absolute Gasteiger partial charge is 0.519 e. The van der Waals surface area contributed by atoms with Gasteiger partial charge in [-0.1, -0.05) is 27.0 Å². The molecule has 0 bridgehead atoms. The van der Waals surface area contributed by atoms with E-state index >= 15 is 0 Å². The maximum absolute atomic E-state index is 13.3. The summed E-state index contributed by atoms with van der Waals surface area (Å²) in [6.07, 6.45) is -10.6. The summed E-state index contributed by atoms with van der Waals surface area (Å²) in [5, 5.41) is 2.60. The van der Waals surface area contributed by atoms with Crippen LogP contribution in [0.4, 0.5) is 60.7 Å². The Hall–Kier alpha value is -9.30. The number of carbonyl (C=O) groups is 15. The van der Waals surface area contributed by atoms with Crippen molar-refractivity contribution >= 4 is 104 Å². The molecule has 10 atom stereocenters. The number of nitrogens with zero attached hydrogens (tertiary/aromatic N) is 3. The molecule has 5 saturated carbocycles. The summed E-state index contributed by atoms with van der Waals surface area (Å²) in [5.74, 6) is -7.64. The summed E-state index contributed by atoms with van der Waals surface area (Å²) in [6.45, 7) is 60.3. The van der Waals surface area contributed by atoms with Gasteiger partial charge in [0, 0.05) is 11.8 Å². The minimum Gasteiger partial charge on any atom is -0.465 e. The van der Waals surface area contributed by atoms with Crippen molar-refractivity contribution in [2.45, 2.75) is 359 Å². The fraction of sp³-hybridized carbons (Fsp3) is 0.774. The number of aldehydes is 1. The first-order valence-corrected chi connectivity index (χ1v) is 39.3. The quantitative estimate of drug-likeness (QED) is 0.0303. The van der Waals surface area contributed by atoms with Crippen LogP contribution in [-0.2, 0) is 99.8 Å². The van der Waals surface area contributed by atoms with Gasteiger partial charge in [-0.15, -0.1) is 25.6 Å². The Morgan fingerprint density at radius 3 is 0.831 bits per heavy atom. The van der Waals surface area contributed by atoms with E-state index in [1.54, 1.807) is 221 Å². The van der Waals surface area contributed by atoms with Crippen molar-refractivity contribution in [1.29, 1.82) is 0 Å². The lowest BCUT2D eigenvalue weighted by molar-refractivity contribution is -0.153. The molecular formula is C84H142ClF4N5O30. The fourth-order valence-corrected chi connectivity index (χ4v) is 10.6. The van der Waals surface area contributed by atoms with Crippen LogP contribution in [0.5, 0.6) is 0 Å². The van der Waals surface area contributed by atoms with Crippen molar-refractivity contribution in [3.05, 3.63) is 25.3 Å². The van der Waals surface area contributed by atoms with E-state index in [1.165, 1.54) is 13.0 Å². The SMILES string of the molecule is C.C.C=C[C@@H]1C[C@@]1(C(=O)OCC)N(C(=O)OC(C)(C)C)C(=O)OC(C)(C)C.C=C[C@@H]1C[C@]1(NC(=O)OC(C)(C)C)C(=O)OCC.CC(C)(C)OC(=O)OC(=O)OC(C)(C)C.CCOC(=O)[C@@]1(N(C(=O)OC(C)(C)C)C(=O)OC(C)(C)C)C[C@H]1C(F)F.CCOC(=O)[C@@]1(N(C(=O)OC(C)(C)C)C(=O)OC(C)(C)C)C[C@H]1C=O.CCOC(=O)[C@@]1(N)C[C@H]1C(F)F.Cl. The molecule has 5 aliphatic carbocycles. The van der Waals surface area contributed by atoms with Crippen LogP contribution in [0.15, 0.2) is 25.3 Å². The average Bonchev–Trinajstić information content (AvgIpc) is 1.56. The van der Waals surface area contributed by atoms with Gasteiger partial charge in [-0.3, -0.25) is 4.79 Å². The van der Waals surface area contributed by atoms with Crippen molar-refractivity contribution < 1.29 is 161 Å². The normalized spacial score (nSPS) is 22.3. The zero-order chi connectivity index (χ0) is 95.4. The van der Waals surface area contributed by atoms with Crippen molar-refractivity contribution in [2.75, 3.05) is 33.0 Å². The highest BCUT2D eigenvalue weighted by Gasteiger charge is 2.74. The van der Waals surface area contributed by atoms with Gasteiger partial charge in [-0.2, -0.15) is 14.7 Å². The number of esters is 5. The standard InChI is InChI=1S/C18H29NO6.C17H27F2NO6.C17H27NO7.C13H21NO4.C10H18O5.C7H11F2NO2.2CH4.ClH/c1-9-12-11-18(12,13(20)23-10-2)19(14(21)24-16(3,4)5)15(22)25-17(6,7)8;1-8-24-12(21)17(9-10(17)11(18)19)20(13(22)25-15(2,3)4)14(23)26-16(5,6)7;1-8-23-12(20)17(9-11(17)10-19)18(13(21)24-15(2,3)4)14(22)25-16(5,6)7;1-6-9-8-13(9,10(15)17-7-2)14-11(16)18-12(3,4)5;1-9(2,3)14-7(11)13-8(12)15-10(4,5)6;1-2-12-6(11)7(10)3-4(7)5(8)9;;;/h9,12H,1,10-11H2,2-8H3;10-11H,8-9H2,1-7H3;10-11H,8-9H2,1-7H3;6,9H,1,7-8H2,2-5H3,(H,14,16);1-6H3;4-5H,2-3,10H2,1H3;2*1H4;1H/t12-,18-;10-,17+;11-,17+;9-,13-;;4-,7+;;;/m1001.0.../s1. The second kappa shape index (κ2) is 46.8. The van der Waals surface area contributed by atoms with E-state index in [2.05, 4.69) is 27.9 Å². The number of nitrogens with two attached hydrogens (primary N) is 1. The van der Waals surface area contributed by atoms with Gasteiger partial charge in [0.05, 0.1) is 50.8 Å². The molecule has 3 N–H and O–H groups in total. The lowest BCUT2D eigenvalue weighted by Gasteiger charge is -2.33. The van der Waals surface area contributed by atoms with Gasteiger partial charge in [0.2, 0.25) is 12.9 Å². The predicted molar refractivity (Wildman–Crippen MR) is 447 cm³/mol. The van der Waals surface area contributed by atoms with E-state index < -0.39 is 206 Å². The summed E-state index contributed by atoms with van der Waals surface area (Å²) in [7, 11) is 0. The Morgan fingerprint density at radius 1 is 0.363 bits per heavy atom. The number of amides is 7. The monoisotopic (exact) mass is 1810 g/mol. The van der Waals surface area contributed by atoms with Crippen LogP contribution in [-0.4, -0.2) is 230 Å².